The molecular formula is C20H22BrFN6. The summed E-state index contributed by atoms with van der Waals surface area (Å²) in [4.78, 5) is 15.5. The average molecular weight is 445 g/mol. The topological polar surface area (TPSA) is 66.0 Å². The minimum Gasteiger partial charge on any atom is -0.354 e. The van der Waals surface area contributed by atoms with E-state index in [1.807, 2.05) is 32.3 Å². The Bertz CT molecular complexity index is 920. The third-order valence-corrected chi connectivity index (χ3v) is 4.41. The summed E-state index contributed by atoms with van der Waals surface area (Å²) in [5, 5.41) is 6.28. The molecule has 0 aliphatic heterocycles. The Morgan fingerprint density at radius 3 is 2.64 bits per heavy atom. The average Bonchev–Trinajstić information content (AvgIpc) is 2.68. The number of aromatic nitrogens is 3. The zero-order valence-electron chi connectivity index (χ0n) is 15.8. The number of rotatable bonds is 8. The van der Waals surface area contributed by atoms with E-state index in [-0.39, 0.29) is 5.82 Å². The van der Waals surface area contributed by atoms with Gasteiger partial charge in [-0.05, 0) is 57.4 Å². The van der Waals surface area contributed by atoms with Crippen molar-refractivity contribution in [3.63, 3.8) is 0 Å². The number of nitrogens with one attached hydrogen (secondary N) is 2. The molecule has 0 spiro atoms. The van der Waals surface area contributed by atoms with Gasteiger partial charge in [-0.15, -0.1) is 0 Å². The molecule has 0 atom stereocenters. The standard InChI is InChI=1S/C20H22BrFN6/c1-28(2)11-5-10-24-20-26-18(17-6-3-4-9-23-17)13-19(27-20)25-16-8-7-14(21)12-15(16)22/h3-4,6-9,12-13H,5,10-11H2,1-2H3,(H2,24,25,26,27). The zero-order valence-corrected chi connectivity index (χ0v) is 17.4. The molecule has 0 saturated heterocycles. The molecule has 2 aromatic heterocycles. The molecule has 28 heavy (non-hydrogen) atoms. The molecule has 0 bridgehead atoms. The number of benzene rings is 1. The molecule has 0 aliphatic carbocycles. The van der Waals surface area contributed by atoms with Crippen molar-refractivity contribution >= 4 is 33.4 Å². The van der Waals surface area contributed by atoms with Crippen LogP contribution in [0.3, 0.4) is 0 Å². The van der Waals surface area contributed by atoms with Crippen molar-refractivity contribution in [3.8, 4) is 11.4 Å². The van der Waals surface area contributed by atoms with E-state index in [0.29, 0.717) is 27.6 Å². The monoisotopic (exact) mass is 444 g/mol. The second kappa shape index (κ2) is 9.57. The third kappa shape index (κ3) is 5.71. The van der Waals surface area contributed by atoms with E-state index in [0.717, 1.165) is 25.2 Å². The van der Waals surface area contributed by atoms with Crippen molar-refractivity contribution in [3.05, 3.63) is 59.0 Å². The molecule has 0 aliphatic rings. The van der Waals surface area contributed by atoms with Crippen molar-refractivity contribution in [1.82, 2.24) is 19.9 Å². The minimum atomic E-state index is -0.368. The number of anilines is 3. The summed E-state index contributed by atoms with van der Waals surface area (Å²) in [5.41, 5.74) is 1.72. The smallest absolute Gasteiger partial charge is 0.225 e. The fourth-order valence-electron chi connectivity index (χ4n) is 2.56. The first-order valence-electron chi connectivity index (χ1n) is 8.92. The van der Waals surface area contributed by atoms with Crippen LogP contribution in [0, 0.1) is 5.82 Å². The van der Waals surface area contributed by atoms with Crippen molar-refractivity contribution in [2.24, 2.45) is 0 Å². The highest BCUT2D eigenvalue weighted by Crippen LogP contribution is 2.25. The summed E-state index contributed by atoms with van der Waals surface area (Å²) in [6.45, 7) is 1.69. The maximum absolute atomic E-state index is 14.2. The summed E-state index contributed by atoms with van der Waals surface area (Å²) < 4.78 is 14.9. The molecule has 0 radical (unpaired) electrons. The maximum atomic E-state index is 14.2. The van der Waals surface area contributed by atoms with Crippen LogP contribution in [0.1, 0.15) is 6.42 Å². The molecule has 0 unspecified atom stereocenters. The summed E-state index contributed by atoms with van der Waals surface area (Å²) >= 11 is 3.27. The van der Waals surface area contributed by atoms with Crippen LogP contribution in [0.25, 0.3) is 11.4 Å². The first kappa shape index (κ1) is 20.2. The minimum absolute atomic E-state index is 0.340. The number of hydrogen-bond donors (Lipinski definition) is 2. The van der Waals surface area contributed by atoms with Crippen molar-refractivity contribution in [2.45, 2.75) is 6.42 Å². The van der Waals surface area contributed by atoms with Gasteiger partial charge in [0.15, 0.2) is 0 Å². The lowest BCUT2D eigenvalue weighted by atomic mass is 10.2. The molecule has 1 aromatic carbocycles. The second-order valence-corrected chi connectivity index (χ2v) is 7.43. The number of hydrogen-bond acceptors (Lipinski definition) is 6. The summed E-state index contributed by atoms with van der Waals surface area (Å²) in [7, 11) is 4.07. The zero-order chi connectivity index (χ0) is 19.9. The Morgan fingerprint density at radius 2 is 1.93 bits per heavy atom. The third-order valence-electron chi connectivity index (χ3n) is 3.91. The van der Waals surface area contributed by atoms with Crippen molar-refractivity contribution in [1.29, 1.82) is 0 Å². The van der Waals surface area contributed by atoms with Gasteiger partial charge in [0.05, 0.1) is 17.1 Å². The van der Waals surface area contributed by atoms with Crippen LogP contribution in [-0.4, -0.2) is 47.0 Å². The molecule has 3 aromatic rings. The van der Waals surface area contributed by atoms with Crippen LogP contribution >= 0.6 is 15.9 Å². The van der Waals surface area contributed by atoms with Gasteiger partial charge in [0.1, 0.15) is 11.6 Å². The van der Waals surface area contributed by atoms with E-state index in [1.54, 1.807) is 24.4 Å². The molecule has 6 nitrogen and oxygen atoms in total. The Morgan fingerprint density at radius 1 is 1.07 bits per heavy atom. The van der Waals surface area contributed by atoms with Crippen LogP contribution in [0.15, 0.2) is 53.1 Å². The molecule has 0 fully saturated rings. The first-order valence-corrected chi connectivity index (χ1v) is 9.72. The maximum Gasteiger partial charge on any atom is 0.225 e. The van der Waals surface area contributed by atoms with Gasteiger partial charge < -0.3 is 15.5 Å². The van der Waals surface area contributed by atoms with Gasteiger partial charge in [-0.3, -0.25) is 4.98 Å². The molecule has 0 saturated carbocycles. The van der Waals surface area contributed by atoms with E-state index in [1.165, 1.54) is 6.07 Å². The van der Waals surface area contributed by atoms with Gasteiger partial charge in [-0.2, -0.15) is 4.98 Å². The van der Waals surface area contributed by atoms with E-state index in [9.17, 15) is 4.39 Å². The number of pyridine rings is 1. The second-order valence-electron chi connectivity index (χ2n) is 6.51. The number of nitrogens with zero attached hydrogens (tertiary/aromatic N) is 4. The lowest BCUT2D eigenvalue weighted by Crippen LogP contribution is -2.17. The quantitative estimate of drug-likeness (QED) is 0.496. The Kier molecular flexibility index (Phi) is 6.89. The summed E-state index contributed by atoms with van der Waals surface area (Å²) in [6, 6.07) is 12.2. The molecular weight excluding hydrogens is 423 g/mol. The van der Waals surface area contributed by atoms with Gasteiger partial charge in [0.2, 0.25) is 5.95 Å². The lowest BCUT2D eigenvalue weighted by Gasteiger charge is -2.13. The Labute approximate surface area is 172 Å². The van der Waals surface area contributed by atoms with Crippen LogP contribution in [0.4, 0.5) is 21.8 Å². The Hall–Kier alpha value is -2.58. The summed E-state index contributed by atoms with van der Waals surface area (Å²) in [5.74, 6) is 0.599. The van der Waals surface area contributed by atoms with Gasteiger partial charge in [-0.1, -0.05) is 22.0 Å². The van der Waals surface area contributed by atoms with Crippen molar-refractivity contribution < 1.29 is 4.39 Å². The van der Waals surface area contributed by atoms with Crippen LogP contribution in [0.5, 0.6) is 0 Å². The van der Waals surface area contributed by atoms with E-state index in [4.69, 9.17) is 0 Å². The number of halogens is 2. The van der Waals surface area contributed by atoms with E-state index >= 15 is 0 Å². The molecule has 2 heterocycles. The van der Waals surface area contributed by atoms with Gasteiger partial charge in [-0.25, -0.2) is 9.37 Å². The van der Waals surface area contributed by atoms with Crippen LogP contribution < -0.4 is 10.6 Å². The van der Waals surface area contributed by atoms with Crippen molar-refractivity contribution in [2.75, 3.05) is 37.8 Å². The van der Waals surface area contributed by atoms with Gasteiger partial charge in [0.25, 0.3) is 0 Å². The van der Waals surface area contributed by atoms with Gasteiger partial charge in [0, 0.05) is 23.3 Å². The highest BCUT2D eigenvalue weighted by molar-refractivity contribution is 9.10. The fraction of sp³-hybridized carbons (Fsp3) is 0.250. The molecule has 0 amide bonds. The lowest BCUT2D eigenvalue weighted by molar-refractivity contribution is 0.405. The molecule has 3 rings (SSSR count). The first-order chi connectivity index (χ1) is 13.5. The predicted octanol–water partition coefficient (Wildman–Crippen LogP) is 4.55. The molecule has 2 N–H and O–H groups in total. The van der Waals surface area contributed by atoms with E-state index in [2.05, 4.69) is 46.4 Å². The van der Waals surface area contributed by atoms with Crippen LogP contribution in [-0.2, 0) is 0 Å². The molecule has 8 heteroatoms. The largest absolute Gasteiger partial charge is 0.354 e. The highest BCUT2D eigenvalue weighted by atomic mass is 79.9. The Balaban J connectivity index is 1.86. The highest BCUT2D eigenvalue weighted by Gasteiger charge is 2.10. The predicted molar refractivity (Wildman–Crippen MR) is 114 cm³/mol. The summed E-state index contributed by atoms with van der Waals surface area (Å²) in [6.07, 6.45) is 2.66. The SMILES string of the molecule is CN(C)CCCNc1nc(Nc2ccc(Br)cc2F)cc(-c2ccccn2)n1. The normalized spacial score (nSPS) is 10.9. The molecule has 146 valence electrons. The van der Waals surface area contributed by atoms with Crippen LogP contribution in [0.2, 0.25) is 0 Å². The van der Waals surface area contributed by atoms with Gasteiger partial charge >= 0.3 is 0 Å². The van der Waals surface area contributed by atoms with E-state index < -0.39 is 0 Å². The fourth-order valence-corrected chi connectivity index (χ4v) is 2.89.